The number of allylic oxidation sites excluding steroid dienone is 3. The molecule has 0 saturated carbocycles. The van der Waals surface area contributed by atoms with Crippen LogP contribution in [-0.4, -0.2) is 6.54 Å². The molecule has 0 saturated heterocycles. The fourth-order valence-electron chi connectivity index (χ4n) is 0.601. The van der Waals surface area contributed by atoms with Gasteiger partial charge in [-0.1, -0.05) is 18.7 Å². The highest BCUT2D eigenvalue weighted by Gasteiger charge is 1.94. The lowest BCUT2D eigenvalue weighted by Crippen LogP contribution is -2.10. The van der Waals surface area contributed by atoms with E-state index in [-0.39, 0.29) is 0 Å². The van der Waals surface area contributed by atoms with Gasteiger partial charge in [-0.15, -0.1) is 0 Å². The van der Waals surface area contributed by atoms with Crippen LogP contribution in [0.3, 0.4) is 0 Å². The second-order valence-corrected chi connectivity index (χ2v) is 3.20. The quantitative estimate of drug-likeness (QED) is 0.712. The van der Waals surface area contributed by atoms with Gasteiger partial charge in [-0.2, -0.15) is 0 Å². The summed E-state index contributed by atoms with van der Waals surface area (Å²) in [4.78, 5) is 0. The molecule has 0 aliphatic heterocycles. The van der Waals surface area contributed by atoms with E-state index in [1.807, 2.05) is 19.9 Å². The van der Waals surface area contributed by atoms with Crippen LogP contribution in [0.1, 0.15) is 13.8 Å². The highest BCUT2D eigenvalue weighted by atomic mass is 79.9. The minimum Gasteiger partial charge on any atom is -0.385 e. The second-order valence-electron chi connectivity index (χ2n) is 2.35. The Labute approximate surface area is 77.0 Å². The van der Waals surface area contributed by atoms with Gasteiger partial charge >= 0.3 is 0 Å². The summed E-state index contributed by atoms with van der Waals surface area (Å²) in [7, 11) is 0. The molecule has 0 spiro atoms. The summed E-state index contributed by atoms with van der Waals surface area (Å²) in [6, 6.07) is 0. The van der Waals surface area contributed by atoms with Crippen LogP contribution in [0, 0.1) is 0 Å². The van der Waals surface area contributed by atoms with Crippen LogP contribution in [-0.2, 0) is 0 Å². The predicted molar refractivity (Wildman–Crippen MR) is 54.6 cm³/mol. The standard InChI is InChI=1S/C9H14BrN/c1-5-11-8(4)9(10)6-7(2)3/h6,11H,2,4-5H2,1,3H3/b9-6+. The van der Waals surface area contributed by atoms with Gasteiger partial charge in [0.05, 0.1) is 0 Å². The molecule has 0 bridgehead atoms. The van der Waals surface area contributed by atoms with Gasteiger partial charge in [-0.25, -0.2) is 0 Å². The van der Waals surface area contributed by atoms with Crippen molar-refractivity contribution in [3.63, 3.8) is 0 Å². The molecule has 0 aliphatic carbocycles. The Kier molecular flexibility index (Phi) is 4.95. The molecule has 62 valence electrons. The van der Waals surface area contributed by atoms with Gasteiger partial charge in [0.25, 0.3) is 0 Å². The first-order chi connectivity index (χ1) is 5.07. The molecule has 1 N–H and O–H groups in total. The Balaban J connectivity index is 4.12. The molecule has 0 aromatic heterocycles. The molecule has 0 rings (SSSR count). The third-order valence-corrected chi connectivity index (χ3v) is 1.76. The van der Waals surface area contributed by atoms with Crippen LogP contribution < -0.4 is 5.32 Å². The normalized spacial score (nSPS) is 11.0. The lowest BCUT2D eigenvalue weighted by atomic mass is 10.3. The van der Waals surface area contributed by atoms with Crippen molar-refractivity contribution in [1.29, 1.82) is 0 Å². The van der Waals surface area contributed by atoms with E-state index in [0.717, 1.165) is 22.3 Å². The topological polar surface area (TPSA) is 12.0 Å². The maximum absolute atomic E-state index is 3.83. The molecule has 0 aromatic rings. The van der Waals surface area contributed by atoms with E-state index in [4.69, 9.17) is 0 Å². The van der Waals surface area contributed by atoms with Gasteiger partial charge in [-0.3, -0.25) is 0 Å². The van der Waals surface area contributed by atoms with Crippen LogP contribution in [0.25, 0.3) is 0 Å². The van der Waals surface area contributed by atoms with Crippen molar-refractivity contribution in [1.82, 2.24) is 5.32 Å². The number of hydrogen-bond acceptors (Lipinski definition) is 1. The molecule has 0 atom stereocenters. The summed E-state index contributed by atoms with van der Waals surface area (Å²) in [5.74, 6) is 0. The van der Waals surface area contributed by atoms with Crippen molar-refractivity contribution in [2.24, 2.45) is 0 Å². The number of rotatable bonds is 4. The molecular weight excluding hydrogens is 202 g/mol. The van der Waals surface area contributed by atoms with E-state index in [2.05, 4.69) is 34.4 Å². The Morgan fingerprint density at radius 2 is 2.09 bits per heavy atom. The summed E-state index contributed by atoms with van der Waals surface area (Å²) in [6.07, 6.45) is 1.94. The molecular formula is C9H14BrN. The summed E-state index contributed by atoms with van der Waals surface area (Å²) >= 11 is 3.38. The lowest BCUT2D eigenvalue weighted by molar-refractivity contribution is 0.880. The Hall–Kier alpha value is -0.500. The van der Waals surface area contributed by atoms with Gasteiger partial charge in [0.2, 0.25) is 0 Å². The molecule has 0 aromatic carbocycles. The largest absolute Gasteiger partial charge is 0.385 e. The van der Waals surface area contributed by atoms with Gasteiger partial charge < -0.3 is 5.32 Å². The molecule has 0 radical (unpaired) electrons. The number of nitrogens with one attached hydrogen (secondary N) is 1. The zero-order valence-corrected chi connectivity index (χ0v) is 8.66. The Morgan fingerprint density at radius 1 is 1.55 bits per heavy atom. The Bertz CT molecular complexity index is 192. The van der Waals surface area contributed by atoms with Crippen LogP contribution in [0.5, 0.6) is 0 Å². The molecule has 0 amide bonds. The van der Waals surface area contributed by atoms with Crippen molar-refractivity contribution in [3.05, 3.63) is 35.0 Å². The molecule has 2 heteroatoms. The zero-order chi connectivity index (χ0) is 8.85. The van der Waals surface area contributed by atoms with Crippen molar-refractivity contribution in [3.8, 4) is 0 Å². The first kappa shape index (κ1) is 10.5. The second kappa shape index (κ2) is 5.19. The number of likely N-dealkylation sites (N-methyl/N-ethyl adjacent to an activating group) is 1. The van der Waals surface area contributed by atoms with Crippen LogP contribution in [0.15, 0.2) is 35.0 Å². The van der Waals surface area contributed by atoms with Gasteiger partial charge in [-0.05, 0) is 35.9 Å². The summed E-state index contributed by atoms with van der Waals surface area (Å²) in [5.41, 5.74) is 1.91. The SMILES string of the molecule is C=C(C)/C=C(/Br)C(=C)NCC. The molecule has 0 aliphatic rings. The van der Waals surface area contributed by atoms with Crippen molar-refractivity contribution >= 4 is 15.9 Å². The summed E-state index contributed by atoms with van der Waals surface area (Å²) in [6.45, 7) is 12.5. The predicted octanol–water partition coefficient (Wildman–Crippen LogP) is 2.96. The van der Waals surface area contributed by atoms with Gasteiger partial charge in [0.1, 0.15) is 0 Å². The highest BCUT2D eigenvalue weighted by molar-refractivity contribution is 9.12. The Morgan fingerprint density at radius 3 is 2.45 bits per heavy atom. The van der Waals surface area contributed by atoms with E-state index in [0.29, 0.717) is 0 Å². The van der Waals surface area contributed by atoms with E-state index in [1.54, 1.807) is 0 Å². The third kappa shape index (κ3) is 4.85. The molecule has 0 unspecified atom stereocenters. The van der Waals surface area contributed by atoms with Gasteiger partial charge in [0, 0.05) is 16.7 Å². The van der Waals surface area contributed by atoms with Crippen molar-refractivity contribution in [2.45, 2.75) is 13.8 Å². The average Bonchev–Trinajstić information content (AvgIpc) is 1.86. The maximum atomic E-state index is 3.83. The van der Waals surface area contributed by atoms with E-state index in [9.17, 15) is 0 Å². The number of halogens is 1. The zero-order valence-electron chi connectivity index (χ0n) is 7.08. The maximum Gasteiger partial charge on any atom is 0.0411 e. The first-order valence-electron chi connectivity index (χ1n) is 3.53. The molecule has 0 fully saturated rings. The van der Waals surface area contributed by atoms with Crippen molar-refractivity contribution < 1.29 is 0 Å². The van der Waals surface area contributed by atoms with E-state index >= 15 is 0 Å². The van der Waals surface area contributed by atoms with Crippen LogP contribution in [0.4, 0.5) is 0 Å². The minimum absolute atomic E-state index is 0.887. The third-order valence-electron chi connectivity index (χ3n) is 1.05. The van der Waals surface area contributed by atoms with E-state index < -0.39 is 0 Å². The summed E-state index contributed by atoms with van der Waals surface area (Å²) in [5, 5.41) is 3.10. The minimum atomic E-state index is 0.887. The smallest absolute Gasteiger partial charge is 0.0411 e. The summed E-state index contributed by atoms with van der Waals surface area (Å²) < 4.78 is 0.965. The van der Waals surface area contributed by atoms with E-state index in [1.165, 1.54) is 0 Å². The average molecular weight is 216 g/mol. The molecule has 0 heterocycles. The number of hydrogen-bond donors (Lipinski definition) is 1. The van der Waals surface area contributed by atoms with Crippen LogP contribution >= 0.6 is 15.9 Å². The van der Waals surface area contributed by atoms with Crippen molar-refractivity contribution in [2.75, 3.05) is 6.54 Å². The fourth-order valence-corrected chi connectivity index (χ4v) is 1.13. The first-order valence-corrected chi connectivity index (χ1v) is 4.33. The lowest BCUT2D eigenvalue weighted by Gasteiger charge is -2.05. The van der Waals surface area contributed by atoms with Gasteiger partial charge in [0.15, 0.2) is 0 Å². The highest BCUT2D eigenvalue weighted by Crippen LogP contribution is 2.14. The fraction of sp³-hybridized carbons (Fsp3) is 0.333. The molecule has 1 nitrogen and oxygen atoms in total. The monoisotopic (exact) mass is 215 g/mol. The molecule has 11 heavy (non-hydrogen) atoms. The van der Waals surface area contributed by atoms with Crippen LogP contribution in [0.2, 0.25) is 0 Å².